The summed E-state index contributed by atoms with van der Waals surface area (Å²) in [6.07, 6.45) is -0.662. The van der Waals surface area contributed by atoms with Crippen molar-refractivity contribution < 1.29 is 22.4 Å². The molecule has 0 fully saturated rings. The fourth-order valence-electron chi connectivity index (χ4n) is 1.50. The van der Waals surface area contributed by atoms with Gasteiger partial charge in [-0.05, 0) is 19.4 Å². The number of hydrogen-bond acceptors (Lipinski definition) is 3. The van der Waals surface area contributed by atoms with E-state index in [1.807, 2.05) is 0 Å². The zero-order valence-electron chi connectivity index (χ0n) is 10.4. The molecule has 0 heterocycles. The maximum Gasteiger partial charge on any atom is 0.399 e. The molecular weight excluding hydrogens is 261 g/mol. The molecule has 0 aliphatic heterocycles. The average Bonchev–Trinajstić information content (AvgIpc) is 2.30. The number of rotatable bonds is 7. The second kappa shape index (κ2) is 6.41. The predicted molar refractivity (Wildman–Crippen MR) is 66.0 cm³/mol. The van der Waals surface area contributed by atoms with Crippen molar-refractivity contribution in [2.24, 2.45) is 0 Å². The van der Waals surface area contributed by atoms with Crippen LogP contribution >= 0.6 is 7.60 Å². The molecule has 0 bridgehead atoms. The Balaban J connectivity index is 2.91. The summed E-state index contributed by atoms with van der Waals surface area (Å²) in [5.41, 5.74) is -3.14. The van der Waals surface area contributed by atoms with E-state index in [0.717, 1.165) is 0 Å². The van der Waals surface area contributed by atoms with Gasteiger partial charge in [0.1, 0.15) is 0 Å². The average molecular weight is 278 g/mol. The normalized spacial score (nSPS) is 12.7. The van der Waals surface area contributed by atoms with Gasteiger partial charge in [0.05, 0.1) is 13.2 Å². The Hall–Kier alpha value is -0.770. The van der Waals surface area contributed by atoms with Crippen molar-refractivity contribution in [2.75, 3.05) is 13.2 Å². The van der Waals surface area contributed by atoms with Crippen molar-refractivity contribution in [1.29, 1.82) is 0 Å². The molecule has 1 aromatic carbocycles. The summed E-state index contributed by atoms with van der Waals surface area (Å²) in [4.78, 5) is 0. The highest BCUT2D eigenvalue weighted by Crippen LogP contribution is 2.62. The van der Waals surface area contributed by atoms with Gasteiger partial charge in [0.2, 0.25) is 0 Å². The summed E-state index contributed by atoms with van der Waals surface area (Å²) in [5.74, 6) is 0. The van der Waals surface area contributed by atoms with Gasteiger partial charge in [0.15, 0.2) is 0 Å². The summed E-state index contributed by atoms with van der Waals surface area (Å²) in [6, 6.07) is 8.13. The minimum absolute atomic E-state index is 0.0817. The van der Waals surface area contributed by atoms with Gasteiger partial charge >= 0.3 is 13.3 Å². The van der Waals surface area contributed by atoms with Crippen LogP contribution in [0.3, 0.4) is 0 Å². The Labute approximate surface area is 106 Å². The predicted octanol–water partition coefficient (Wildman–Crippen LogP) is 4.09. The van der Waals surface area contributed by atoms with E-state index in [4.69, 9.17) is 9.05 Å². The lowest BCUT2D eigenvalue weighted by Crippen LogP contribution is -2.23. The van der Waals surface area contributed by atoms with Gasteiger partial charge in [-0.25, -0.2) is 0 Å². The van der Waals surface area contributed by atoms with Crippen molar-refractivity contribution in [3.8, 4) is 0 Å². The SMILES string of the molecule is CCOP(=O)(OCC)C(F)(F)Cc1ccccc1. The Bertz CT molecular complexity index is 399. The highest BCUT2D eigenvalue weighted by Gasteiger charge is 2.53. The largest absolute Gasteiger partial charge is 0.399 e. The molecule has 0 atom stereocenters. The molecule has 0 aliphatic carbocycles. The maximum atomic E-state index is 14.0. The van der Waals surface area contributed by atoms with E-state index >= 15 is 0 Å². The number of hydrogen-bond donors (Lipinski definition) is 0. The van der Waals surface area contributed by atoms with Gasteiger partial charge in [0.25, 0.3) is 0 Å². The van der Waals surface area contributed by atoms with Crippen molar-refractivity contribution >= 4 is 7.60 Å². The summed E-state index contributed by atoms with van der Waals surface area (Å²) in [6.45, 7) is 2.85. The summed E-state index contributed by atoms with van der Waals surface area (Å²) in [5, 5.41) is 0. The molecule has 6 heteroatoms. The van der Waals surface area contributed by atoms with Crippen molar-refractivity contribution in [3.63, 3.8) is 0 Å². The van der Waals surface area contributed by atoms with Gasteiger partial charge in [-0.3, -0.25) is 4.57 Å². The van der Waals surface area contributed by atoms with Gasteiger partial charge < -0.3 is 9.05 Å². The van der Waals surface area contributed by atoms with E-state index in [9.17, 15) is 13.3 Å². The molecule has 0 aliphatic rings. The van der Waals surface area contributed by atoms with Crippen LogP contribution < -0.4 is 0 Å². The van der Waals surface area contributed by atoms with Crippen LogP contribution in [-0.2, 0) is 20.0 Å². The highest BCUT2D eigenvalue weighted by atomic mass is 31.2. The van der Waals surface area contributed by atoms with Gasteiger partial charge in [-0.2, -0.15) is 8.78 Å². The van der Waals surface area contributed by atoms with E-state index in [0.29, 0.717) is 5.56 Å². The third kappa shape index (κ3) is 3.61. The van der Waals surface area contributed by atoms with Crippen molar-refractivity contribution in [1.82, 2.24) is 0 Å². The van der Waals surface area contributed by atoms with Crippen molar-refractivity contribution in [3.05, 3.63) is 35.9 Å². The molecule has 0 saturated heterocycles. The third-order valence-electron chi connectivity index (χ3n) is 2.26. The van der Waals surface area contributed by atoms with Gasteiger partial charge in [-0.15, -0.1) is 0 Å². The lowest BCUT2D eigenvalue weighted by molar-refractivity contribution is 0.0393. The monoisotopic (exact) mass is 278 g/mol. The quantitative estimate of drug-likeness (QED) is 0.705. The Morgan fingerprint density at radius 3 is 2.06 bits per heavy atom. The minimum Gasteiger partial charge on any atom is -0.305 e. The van der Waals surface area contributed by atoms with Gasteiger partial charge in [0, 0.05) is 6.42 Å². The molecule has 0 radical (unpaired) electrons. The lowest BCUT2D eigenvalue weighted by Gasteiger charge is -2.25. The first-order chi connectivity index (χ1) is 8.45. The zero-order valence-corrected chi connectivity index (χ0v) is 11.3. The third-order valence-corrected chi connectivity index (χ3v) is 4.41. The van der Waals surface area contributed by atoms with E-state index in [2.05, 4.69) is 0 Å². The summed E-state index contributed by atoms with van der Waals surface area (Å²) in [7, 11) is -4.42. The first-order valence-electron chi connectivity index (χ1n) is 5.76. The molecule has 3 nitrogen and oxygen atoms in total. The molecule has 0 unspecified atom stereocenters. The molecule has 1 aromatic rings. The van der Waals surface area contributed by atoms with Crippen LogP contribution in [-0.4, -0.2) is 18.9 Å². The zero-order chi connectivity index (χ0) is 13.6. The van der Waals surface area contributed by atoms with E-state index in [1.54, 1.807) is 30.3 Å². The molecule has 0 amide bonds. The van der Waals surface area contributed by atoms with Crippen LogP contribution in [0.1, 0.15) is 19.4 Å². The van der Waals surface area contributed by atoms with Crippen molar-refractivity contribution in [2.45, 2.75) is 25.9 Å². The highest BCUT2D eigenvalue weighted by molar-refractivity contribution is 7.55. The molecule has 102 valence electrons. The molecular formula is C12H17F2O3P. The van der Waals surface area contributed by atoms with E-state index in [1.165, 1.54) is 13.8 Å². The fraction of sp³-hybridized carbons (Fsp3) is 0.500. The smallest absolute Gasteiger partial charge is 0.305 e. The molecule has 0 aromatic heterocycles. The van der Waals surface area contributed by atoms with Gasteiger partial charge in [-0.1, -0.05) is 30.3 Å². The van der Waals surface area contributed by atoms with Crippen LogP contribution in [0.25, 0.3) is 0 Å². The van der Waals surface area contributed by atoms with Crippen LogP contribution in [0, 0.1) is 0 Å². The molecule has 0 saturated carbocycles. The van der Waals surface area contributed by atoms with Crippen LogP contribution in [0.4, 0.5) is 8.78 Å². The number of benzene rings is 1. The first kappa shape index (κ1) is 15.3. The molecule has 18 heavy (non-hydrogen) atoms. The standard InChI is InChI=1S/C12H17F2O3P/c1-3-16-18(15,17-4-2)12(13,14)10-11-8-6-5-7-9-11/h5-9H,3-4,10H2,1-2H3. The lowest BCUT2D eigenvalue weighted by atomic mass is 10.2. The molecule has 0 N–H and O–H groups in total. The van der Waals surface area contributed by atoms with E-state index < -0.39 is 19.7 Å². The van der Waals surface area contributed by atoms with Crippen LogP contribution in [0.15, 0.2) is 30.3 Å². The first-order valence-corrected chi connectivity index (χ1v) is 7.30. The van der Waals surface area contributed by atoms with Crippen LogP contribution in [0.5, 0.6) is 0 Å². The summed E-state index contributed by atoms with van der Waals surface area (Å²) >= 11 is 0. The number of alkyl halides is 2. The Morgan fingerprint density at radius 1 is 1.11 bits per heavy atom. The Morgan fingerprint density at radius 2 is 1.61 bits per heavy atom. The minimum atomic E-state index is -4.42. The molecule has 1 rings (SSSR count). The van der Waals surface area contributed by atoms with E-state index in [-0.39, 0.29) is 13.2 Å². The molecule has 0 spiro atoms. The number of halogens is 2. The Kier molecular flexibility index (Phi) is 5.45. The second-order valence-corrected chi connectivity index (χ2v) is 5.83. The fourth-order valence-corrected chi connectivity index (χ4v) is 3.01. The maximum absolute atomic E-state index is 14.0. The second-order valence-electron chi connectivity index (χ2n) is 3.66. The van der Waals surface area contributed by atoms with Crippen LogP contribution in [0.2, 0.25) is 0 Å². The summed E-state index contributed by atoms with van der Waals surface area (Å²) < 4.78 is 49.5. The topological polar surface area (TPSA) is 35.5 Å².